The molecule has 0 spiro atoms. The first-order chi connectivity index (χ1) is 8.62. The van der Waals surface area contributed by atoms with Gasteiger partial charge in [-0.2, -0.15) is 0 Å². The summed E-state index contributed by atoms with van der Waals surface area (Å²) >= 11 is 0. The Hall–Kier alpha value is -1.90. The summed E-state index contributed by atoms with van der Waals surface area (Å²) in [6.45, 7) is 0.162. The maximum Gasteiger partial charge on any atom is 0.242 e. The number of nitrogen functional groups attached to an aromatic ring is 1. The van der Waals surface area contributed by atoms with Crippen LogP contribution in [0.4, 0.5) is 5.82 Å². The Balaban J connectivity index is 2.09. The molecule has 7 nitrogen and oxygen atoms in total. The van der Waals surface area contributed by atoms with Gasteiger partial charge in [-0.25, -0.2) is 24.0 Å². The third-order valence-corrected chi connectivity index (χ3v) is 3.63. The van der Waals surface area contributed by atoms with Crippen LogP contribution in [0.1, 0.15) is 5.56 Å². The third-order valence-electron chi connectivity index (χ3n) is 2.24. The SMILES string of the molecule is NNc1ccc(S(=O)(=O)NCc2ccoc2)cn1. The molecule has 18 heavy (non-hydrogen) atoms. The van der Waals surface area contributed by atoms with E-state index >= 15 is 0 Å². The molecule has 4 N–H and O–H groups in total. The lowest BCUT2D eigenvalue weighted by molar-refractivity contribution is 0.561. The van der Waals surface area contributed by atoms with Crippen molar-refractivity contribution in [1.82, 2.24) is 9.71 Å². The minimum absolute atomic E-state index is 0.0741. The van der Waals surface area contributed by atoms with Gasteiger partial charge >= 0.3 is 0 Å². The van der Waals surface area contributed by atoms with Crippen molar-refractivity contribution in [1.29, 1.82) is 0 Å². The summed E-state index contributed by atoms with van der Waals surface area (Å²) in [5.74, 6) is 5.54. The van der Waals surface area contributed by atoms with E-state index in [4.69, 9.17) is 10.3 Å². The zero-order valence-corrected chi connectivity index (χ0v) is 10.1. The maximum absolute atomic E-state index is 11.9. The summed E-state index contributed by atoms with van der Waals surface area (Å²) in [7, 11) is -3.58. The number of nitrogens with zero attached hydrogens (tertiary/aromatic N) is 1. The molecule has 0 aliphatic heterocycles. The number of hydrogen-bond acceptors (Lipinski definition) is 6. The van der Waals surface area contributed by atoms with E-state index in [1.54, 1.807) is 6.07 Å². The van der Waals surface area contributed by atoms with Gasteiger partial charge in [0.2, 0.25) is 10.0 Å². The van der Waals surface area contributed by atoms with Gasteiger partial charge in [0, 0.05) is 18.3 Å². The highest BCUT2D eigenvalue weighted by Gasteiger charge is 2.14. The molecule has 0 radical (unpaired) electrons. The van der Waals surface area contributed by atoms with E-state index < -0.39 is 10.0 Å². The molecule has 2 aromatic rings. The predicted molar refractivity (Wildman–Crippen MR) is 64.8 cm³/mol. The molecule has 8 heteroatoms. The number of pyridine rings is 1. The van der Waals surface area contributed by atoms with E-state index in [2.05, 4.69) is 15.1 Å². The fraction of sp³-hybridized carbons (Fsp3) is 0.100. The molecule has 0 saturated carbocycles. The standard InChI is InChI=1S/C10H12N4O3S/c11-14-10-2-1-9(6-12-10)18(15,16)13-5-8-3-4-17-7-8/h1-4,6-7,13H,5,11H2,(H,12,14). The minimum Gasteiger partial charge on any atom is -0.472 e. The first kappa shape index (κ1) is 12.6. The second-order valence-corrected chi connectivity index (χ2v) is 5.25. The number of furan rings is 1. The van der Waals surface area contributed by atoms with Crippen LogP contribution in [0.25, 0.3) is 0 Å². The number of sulfonamides is 1. The lowest BCUT2D eigenvalue weighted by atomic mass is 10.4. The fourth-order valence-corrected chi connectivity index (χ4v) is 2.24. The summed E-state index contributed by atoms with van der Waals surface area (Å²) in [5, 5.41) is 0. The van der Waals surface area contributed by atoms with Gasteiger partial charge < -0.3 is 9.84 Å². The van der Waals surface area contributed by atoms with Crippen LogP contribution < -0.4 is 16.0 Å². The first-order valence-electron chi connectivity index (χ1n) is 5.05. The van der Waals surface area contributed by atoms with Gasteiger partial charge in [-0.15, -0.1) is 0 Å². The Kier molecular flexibility index (Phi) is 3.60. The van der Waals surface area contributed by atoms with E-state index in [9.17, 15) is 8.42 Å². The van der Waals surface area contributed by atoms with Crippen molar-refractivity contribution < 1.29 is 12.8 Å². The quantitative estimate of drug-likeness (QED) is 0.536. The zero-order valence-electron chi connectivity index (χ0n) is 9.33. The Morgan fingerprint density at radius 3 is 2.72 bits per heavy atom. The van der Waals surface area contributed by atoms with Crippen LogP contribution in [0.2, 0.25) is 0 Å². The van der Waals surface area contributed by atoms with Gasteiger partial charge in [0.25, 0.3) is 0 Å². The summed E-state index contributed by atoms with van der Waals surface area (Å²) in [5.41, 5.74) is 3.06. The Bertz CT molecular complexity index is 593. The maximum atomic E-state index is 11.9. The highest BCUT2D eigenvalue weighted by atomic mass is 32.2. The smallest absolute Gasteiger partial charge is 0.242 e. The average molecular weight is 268 g/mol. The molecule has 0 bridgehead atoms. The summed E-state index contributed by atoms with van der Waals surface area (Å²) in [4.78, 5) is 3.91. The van der Waals surface area contributed by atoms with Gasteiger partial charge in [-0.1, -0.05) is 0 Å². The van der Waals surface area contributed by atoms with Gasteiger partial charge in [-0.05, 0) is 18.2 Å². The van der Waals surface area contributed by atoms with Gasteiger partial charge in [-0.3, -0.25) is 0 Å². The Labute approximate surface area is 104 Å². The number of nitrogens with one attached hydrogen (secondary N) is 2. The number of hydrazine groups is 1. The van der Waals surface area contributed by atoms with Crippen LogP contribution in [0.15, 0.2) is 46.2 Å². The molecular formula is C10H12N4O3S. The van der Waals surface area contributed by atoms with Crippen molar-refractivity contribution in [2.24, 2.45) is 5.84 Å². The van der Waals surface area contributed by atoms with Crippen molar-refractivity contribution in [2.75, 3.05) is 5.43 Å². The van der Waals surface area contributed by atoms with Crippen LogP contribution in [-0.2, 0) is 16.6 Å². The van der Waals surface area contributed by atoms with Gasteiger partial charge in [0.1, 0.15) is 10.7 Å². The molecule has 0 aromatic carbocycles. The van der Waals surface area contributed by atoms with E-state index in [1.165, 1.54) is 30.9 Å². The lowest BCUT2D eigenvalue weighted by Gasteiger charge is -2.05. The predicted octanol–water partition coefficient (Wildman–Crippen LogP) is 0.439. The molecule has 2 heterocycles. The molecule has 0 amide bonds. The van der Waals surface area contributed by atoms with Crippen LogP contribution in [-0.4, -0.2) is 13.4 Å². The molecule has 0 aliphatic rings. The molecule has 0 atom stereocenters. The second-order valence-electron chi connectivity index (χ2n) is 3.48. The highest BCUT2D eigenvalue weighted by molar-refractivity contribution is 7.89. The van der Waals surface area contributed by atoms with Crippen molar-refractivity contribution >= 4 is 15.8 Å². The zero-order chi connectivity index (χ0) is 13.0. The van der Waals surface area contributed by atoms with Crippen molar-refractivity contribution in [3.8, 4) is 0 Å². The molecule has 2 aromatic heterocycles. The molecular weight excluding hydrogens is 256 g/mol. The number of rotatable bonds is 5. The lowest BCUT2D eigenvalue weighted by Crippen LogP contribution is -2.23. The average Bonchev–Trinajstić information content (AvgIpc) is 2.90. The van der Waals surface area contributed by atoms with Crippen LogP contribution in [0, 0.1) is 0 Å². The normalized spacial score (nSPS) is 11.4. The minimum atomic E-state index is -3.58. The number of hydrogen-bond donors (Lipinski definition) is 3. The molecule has 0 unspecified atom stereocenters. The number of anilines is 1. The van der Waals surface area contributed by atoms with Crippen LogP contribution >= 0.6 is 0 Å². The molecule has 0 fully saturated rings. The van der Waals surface area contributed by atoms with E-state index in [1.807, 2.05) is 0 Å². The largest absolute Gasteiger partial charge is 0.472 e. The fourth-order valence-electron chi connectivity index (χ4n) is 1.28. The topological polar surface area (TPSA) is 110 Å². The van der Waals surface area contributed by atoms with E-state index in [0.717, 1.165) is 5.56 Å². The van der Waals surface area contributed by atoms with Crippen LogP contribution in [0.3, 0.4) is 0 Å². The summed E-state index contributed by atoms with van der Waals surface area (Å²) in [6, 6.07) is 4.58. The van der Waals surface area contributed by atoms with Crippen molar-refractivity contribution in [3.63, 3.8) is 0 Å². The van der Waals surface area contributed by atoms with Crippen molar-refractivity contribution in [2.45, 2.75) is 11.4 Å². The molecule has 0 aliphatic carbocycles. The highest BCUT2D eigenvalue weighted by Crippen LogP contribution is 2.10. The molecule has 0 saturated heterocycles. The summed E-state index contributed by atoms with van der Waals surface area (Å²) < 4.78 is 31.1. The first-order valence-corrected chi connectivity index (χ1v) is 6.53. The van der Waals surface area contributed by atoms with E-state index in [0.29, 0.717) is 5.82 Å². The number of nitrogens with two attached hydrogens (primary N) is 1. The van der Waals surface area contributed by atoms with Gasteiger partial charge in [0.15, 0.2) is 0 Å². The van der Waals surface area contributed by atoms with Crippen molar-refractivity contribution in [3.05, 3.63) is 42.5 Å². The Morgan fingerprint density at radius 1 is 1.33 bits per heavy atom. The summed E-state index contributed by atoms with van der Waals surface area (Å²) in [6.07, 6.45) is 4.18. The Morgan fingerprint density at radius 2 is 2.17 bits per heavy atom. The molecule has 96 valence electrons. The molecule has 2 rings (SSSR count). The van der Waals surface area contributed by atoms with Crippen LogP contribution in [0.5, 0.6) is 0 Å². The second kappa shape index (κ2) is 5.17. The van der Waals surface area contributed by atoms with Gasteiger partial charge in [0.05, 0.1) is 12.5 Å². The monoisotopic (exact) mass is 268 g/mol. The number of aromatic nitrogens is 1. The van der Waals surface area contributed by atoms with E-state index in [-0.39, 0.29) is 11.4 Å². The third kappa shape index (κ3) is 2.86.